The van der Waals surface area contributed by atoms with E-state index in [0.29, 0.717) is 6.61 Å². The van der Waals surface area contributed by atoms with E-state index in [1.54, 1.807) is 0 Å². The molecule has 0 bridgehead atoms. The van der Waals surface area contributed by atoms with E-state index in [4.69, 9.17) is 10.7 Å². The number of amides is 1. The molecule has 1 atom stereocenters. The summed E-state index contributed by atoms with van der Waals surface area (Å²) < 4.78 is 0. The van der Waals surface area contributed by atoms with Gasteiger partial charge in [0.2, 0.25) is 0 Å². The maximum Gasteiger partial charge on any atom is 0.254 e. The first kappa shape index (κ1) is 12.1. The van der Waals surface area contributed by atoms with Crippen molar-refractivity contribution < 1.29 is 9.63 Å². The van der Waals surface area contributed by atoms with Crippen LogP contribution >= 0.6 is 0 Å². The van der Waals surface area contributed by atoms with Gasteiger partial charge in [-0.15, -0.1) is 0 Å². The van der Waals surface area contributed by atoms with Crippen molar-refractivity contribution in [3.63, 3.8) is 0 Å². The minimum Gasteiger partial charge on any atom is -0.333 e. The molecule has 0 aromatic heterocycles. The summed E-state index contributed by atoms with van der Waals surface area (Å²) >= 11 is 0. The predicted molar refractivity (Wildman–Crippen MR) is 65.3 cm³/mol. The second kappa shape index (κ2) is 5.80. The molecule has 1 unspecified atom stereocenters. The van der Waals surface area contributed by atoms with Gasteiger partial charge in [-0.25, -0.2) is 5.90 Å². The highest BCUT2D eigenvalue weighted by Crippen LogP contribution is 2.19. The zero-order chi connectivity index (χ0) is 12.1. The maximum absolute atomic E-state index is 12.3. The Morgan fingerprint density at radius 1 is 1.35 bits per heavy atom. The molecule has 0 saturated carbocycles. The van der Waals surface area contributed by atoms with Gasteiger partial charge in [0, 0.05) is 12.1 Å². The van der Waals surface area contributed by atoms with Gasteiger partial charge in [0.05, 0.1) is 12.6 Å². The van der Waals surface area contributed by atoms with Crippen molar-refractivity contribution in [3.05, 3.63) is 35.9 Å². The molecule has 0 aliphatic carbocycles. The molecule has 2 rings (SSSR count). The van der Waals surface area contributed by atoms with E-state index in [2.05, 4.69) is 0 Å². The van der Waals surface area contributed by atoms with Gasteiger partial charge in [-0.05, 0) is 31.4 Å². The van der Waals surface area contributed by atoms with E-state index in [9.17, 15) is 4.79 Å². The van der Waals surface area contributed by atoms with Gasteiger partial charge in [-0.3, -0.25) is 4.79 Å². The normalized spacial score (nSPS) is 20.3. The summed E-state index contributed by atoms with van der Waals surface area (Å²) in [4.78, 5) is 18.9. The molecule has 17 heavy (non-hydrogen) atoms. The summed E-state index contributed by atoms with van der Waals surface area (Å²) in [6, 6.07) is 9.47. The SMILES string of the molecule is NOCC1CCCCN1C(=O)c1ccccc1. The van der Waals surface area contributed by atoms with Crippen LogP contribution in [-0.4, -0.2) is 30.0 Å². The number of likely N-dealkylation sites (tertiary alicyclic amines) is 1. The van der Waals surface area contributed by atoms with E-state index in [-0.39, 0.29) is 11.9 Å². The van der Waals surface area contributed by atoms with Crippen molar-refractivity contribution in [3.8, 4) is 0 Å². The highest BCUT2D eigenvalue weighted by Gasteiger charge is 2.27. The Morgan fingerprint density at radius 3 is 2.82 bits per heavy atom. The number of hydrogen-bond acceptors (Lipinski definition) is 3. The molecular weight excluding hydrogens is 216 g/mol. The van der Waals surface area contributed by atoms with E-state index >= 15 is 0 Å². The van der Waals surface area contributed by atoms with Crippen LogP contribution in [0.4, 0.5) is 0 Å². The fraction of sp³-hybridized carbons (Fsp3) is 0.462. The van der Waals surface area contributed by atoms with Gasteiger partial charge in [0.15, 0.2) is 0 Å². The van der Waals surface area contributed by atoms with E-state index in [1.165, 1.54) is 0 Å². The first-order chi connectivity index (χ1) is 8.33. The van der Waals surface area contributed by atoms with Gasteiger partial charge in [0.1, 0.15) is 0 Å². The summed E-state index contributed by atoms with van der Waals surface area (Å²) in [6.07, 6.45) is 3.15. The monoisotopic (exact) mass is 234 g/mol. The fourth-order valence-corrected chi connectivity index (χ4v) is 2.30. The lowest BCUT2D eigenvalue weighted by molar-refractivity contribution is 0.0314. The predicted octanol–water partition coefficient (Wildman–Crippen LogP) is 1.57. The summed E-state index contributed by atoms with van der Waals surface area (Å²) in [6.45, 7) is 1.21. The van der Waals surface area contributed by atoms with Crippen LogP contribution in [0.5, 0.6) is 0 Å². The second-order valence-electron chi connectivity index (χ2n) is 4.35. The smallest absolute Gasteiger partial charge is 0.254 e. The lowest BCUT2D eigenvalue weighted by atomic mass is 10.0. The molecule has 92 valence electrons. The molecule has 1 amide bonds. The topological polar surface area (TPSA) is 55.6 Å². The third-order valence-electron chi connectivity index (χ3n) is 3.20. The number of carbonyl (C=O) groups is 1. The molecule has 1 aliphatic rings. The minimum absolute atomic E-state index is 0.0763. The average molecular weight is 234 g/mol. The summed E-state index contributed by atoms with van der Waals surface area (Å²) in [5, 5.41) is 0. The highest BCUT2D eigenvalue weighted by molar-refractivity contribution is 5.94. The van der Waals surface area contributed by atoms with Crippen molar-refractivity contribution in [2.75, 3.05) is 13.2 Å². The Bertz CT molecular complexity index is 365. The van der Waals surface area contributed by atoms with E-state index < -0.39 is 0 Å². The Kier molecular flexibility index (Phi) is 4.12. The molecule has 0 radical (unpaired) electrons. The van der Waals surface area contributed by atoms with Crippen molar-refractivity contribution in [2.24, 2.45) is 5.90 Å². The van der Waals surface area contributed by atoms with Crippen LogP contribution in [0.3, 0.4) is 0 Å². The van der Waals surface area contributed by atoms with Crippen LogP contribution in [0.2, 0.25) is 0 Å². The van der Waals surface area contributed by atoms with Crippen molar-refractivity contribution >= 4 is 5.91 Å². The molecule has 1 aliphatic heterocycles. The van der Waals surface area contributed by atoms with Gasteiger partial charge >= 0.3 is 0 Å². The average Bonchev–Trinajstić information content (AvgIpc) is 2.40. The molecule has 1 saturated heterocycles. The van der Waals surface area contributed by atoms with Crippen LogP contribution in [-0.2, 0) is 4.84 Å². The summed E-state index contributed by atoms with van der Waals surface area (Å²) in [5.41, 5.74) is 0.733. The third-order valence-corrected chi connectivity index (χ3v) is 3.20. The van der Waals surface area contributed by atoms with Gasteiger partial charge in [-0.2, -0.15) is 0 Å². The van der Waals surface area contributed by atoms with Gasteiger partial charge in [0.25, 0.3) is 5.91 Å². The zero-order valence-electron chi connectivity index (χ0n) is 9.84. The fourth-order valence-electron chi connectivity index (χ4n) is 2.30. The van der Waals surface area contributed by atoms with Gasteiger partial charge < -0.3 is 9.74 Å². The Balaban J connectivity index is 2.11. The molecule has 1 aromatic rings. The number of benzene rings is 1. The van der Waals surface area contributed by atoms with Crippen LogP contribution in [0.1, 0.15) is 29.6 Å². The Hall–Kier alpha value is -1.39. The molecule has 1 aromatic carbocycles. The number of nitrogens with two attached hydrogens (primary N) is 1. The molecule has 0 spiro atoms. The van der Waals surface area contributed by atoms with Crippen LogP contribution in [0.15, 0.2) is 30.3 Å². The number of hydrogen-bond donors (Lipinski definition) is 1. The molecule has 4 heteroatoms. The first-order valence-electron chi connectivity index (χ1n) is 6.00. The maximum atomic E-state index is 12.3. The lowest BCUT2D eigenvalue weighted by Crippen LogP contribution is -2.46. The first-order valence-corrected chi connectivity index (χ1v) is 6.00. The van der Waals surface area contributed by atoms with Crippen molar-refractivity contribution in [1.82, 2.24) is 4.90 Å². The van der Waals surface area contributed by atoms with Gasteiger partial charge in [-0.1, -0.05) is 18.2 Å². The van der Waals surface area contributed by atoms with Crippen LogP contribution in [0.25, 0.3) is 0 Å². The Labute approximate surface area is 101 Å². The zero-order valence-corrected chi connectivity index (χ0v) is 9.84. The largest absolute Gasteiger partial charge is 0.333 e. The lowest BCUT2D eigenvalue weighted by Gasteiger charge is -2.35. The molecule has 2 N–H and O–H groups in total. The molecule has 4 nitrogen and oxygen atoms in total. The highest BCUT2D eigenvalue weighted by atomic mass is 16.6. The van der Waals surface area contributed by atoms with Crippen LogP contribution in [0, 0.1) is 0 Å². The standard InChI is InChI=1S/C13H18N2O2/c14-17-10-12-8-4-5-9-15(12)13(16)11-6-2-1-3-7-11/h1-3,6-7,12H,4-5,8-10,14H2. The van der Waals surface area contributed by atoms with Crippen LogP contribution < -0.4 is 5.90 Å². The second-order valence-corrected chi connectivity index (χ2v) is 4.35. The molecule has 1 heterocycles. The number of piperidine rings is 1. The molecule has 1 fully saturated rings. The van der Waals surface area contributed by atoms with E-state index in [0.717, 1.165) is 31.4 Å². The quantitative estimate of drug-likeness (QED) is 0.808. The van der Waals surface area contributed by atoms with Crippen molar-refractivity contribution in [1.29, 1.82) is 0 Å². The number of rotatable bonds is 3. The van der Waals surface area contributed by atoms with Crippen molar-refractivity contribution in [2.45, 2.75) is 25.3 Å². The third kappa shape index (κ3) is 2.84. The number of nitrogens with zero attached hydrogens (tertiary/aromatic N) is 1. The van der Waals surface area contributed by atoms with E-state index in [1.807, 2.05) is 35.2 Å². The summed E-state index contributed by atoms with van der Waals surface area (Å²) in [7, 11) is 0. The Morgan fingerprint density at radius 2 is 2.12 bits per heavy atom. The molecular formula is C13H18N2O2. The minimum atomic E-state index is 0.0763. The number of carbonyl (C=O) groups excluding carboxylic acids is 1. The summed E-state index contributed by atoms with van der Waals surface area (Å²) in [5.74, 6) is 5.20.